The van der Waals surface area contributed by atoms with E-state index in [1.54, 1.807) is 4.90 Å². The van der Waals surface area contributed by atoms with Crippen LogP contribution in [0.25, 0.3) is 0 Å². The first-order chi connectivity index (χ1) is 10.5. The Bertz CT molecular complexity index is 658. The highest BCUT2D eigenvalue weighted by molar-refractivity contribution is 7.86. The molecule has 10 heteroatoms. The maximum atomic E-state index is 12.3. The van der Waals surface area contributed by atoms with E-state index in [9.17, 15) is 21.6 Å². The van der Waals surface area contributed by atoms with Crippen LogP contribution in [0.3, 0.4) is 0 Å². The van der Waals surface area contributed by atoms with Gasteiger partial charge in [-0.3, -0.25) is 4.18 Å². The molecule has 0 radical (unpaired) electrons. The van der Waals surface area contributed by atoms with E-state index in [4.69, 9.17) is 15.8 Å². The highest BCUT2D eigenvalue weighted by Gasteiger charge is 2.32. The van der Waals surface area contributed by atoms with Crippen LogP contribution in [0.1, 0.15) is 12.8 Å². The zero-order valence-corrected chi connectivity index (χ0v) is 13.7. The van der Waals surface area contributed by atoms with Gasteiger partial charge in [-0.15, -0.1) is 13.2 Å². The van der Waals surface area contributed by atoms with Crippen molar-refractivity contribution in [2.45, 2.75) is 25.3 Å². The van der Waals surface area contributed by atoms with Crippen molar-refractivity contribution in [3.63, 3.8) is 0 Å². The summed E-state index contributed by atoms with van der Waals surface area (Å²) < 4.78 is 67.9. The van der Waals surface area contributed by atoms with Crippen molar-refractivity contribution in [2.24, 2.45) is 0 Å². The van der Waals surface area contributed by atoms with Crippen molar-refractivity contribution in [3.8, 4) is 5.75 Å². The molecule has 0 saturated carbocycles. The number of benzene rings is 1. The first-order valence-corrected chi connectivity index (χ1v) is 8.91. The van der Waals surface area contributed by atoms with Crippen molar-refractivity contribution in [1.29, 1.82) is 0 Å². The van der Waals surface area contributed by atoms with Crippen LogP contribution in [-0.2, 0) is 14.3 Å². The lowest BCUT2D eigenvalue weighted by molar-refractivity contribution is -0.274. The number of hydrogen-bond donors (Lipinski definition) is 0. The molecule has 0 amide bonds. The molecule has 1 heterocycles. The second-order valence-corrected chi connectivity index (χ2v) is 7.16. The lowest BCUT2D eigenvalue weighted by Crippen LogP contribution is -2.38. The van der Waals surface area contributed by atoms with Crippen LogP contribution in [-0.4, -0.2) is 40.2 Å². The monoisotopic (exact) mass is 373 g/mol. The Morgan fingerprint density at radius 2 is 1.87 bits per heavy atom. The van der Waals surface area contributed by atoms with Gasteiger partial charge >= 0.3 is 6.36 Å². The fourth-order valence-corrected chi connectivity index (χ4v) is 3.30. The summed E-state index contributed by atoms with van der Waals surface area (Å²) in [5.74, 6) is -0.355. The van der Waals surface area contributed by atoms with Gasteiger partial charge in [0.2, 0.25) is 0 Å². The fourth-order valence-electron chi connectivity index (χ4n) is 2.37. The Labute approximate surface area is 137 Å². The van der Waals surface area contributed by atoms with Crippen molar-refractivity contribution < 1.29 is 30.5 Å². The number of rotatable bonds is 4. The Hall–Kier alpha value is -1.19. The fraction of sp³-hybridized carbons (Fsp3) is 0.538. The zero-order chi connectivity index (χ0) is 17.3. The highest BCUT2D eigenvalue weighted by Crippen LogP contribution is 2.34. The van der Waals surface area contributed by atoms with Crippen molar-refractivity contribution in [3.05, 3.63) is 23.2 Å². The molecule has 1 aromatic rings. The van der Waals surface area contributed by atoms with Gasteiger partial charge in [-0.05, 0) is 25.0 Å². The van der Waals surface area contributed by atoms with Crippen molar-refractivity contribution in [2.75, 3.05) is 24.2 Å². The Morgan fingerprint density at radius 3 is 2.39 bits per heavy atom. The maximum Gasteiger partial charge on any atom is 0.573 e. The van der Waals surface area contributed by atoms with E-state index in [0.717, 1.165) is 12.3 Å². The molecule has 5 nitrogen and oxygen atoms in total. The van der Waals surface area contributed by atoms with Crippen LogP contribution in [0, 0.1) is 0 Å². The second kappa shape index (κ2) is 6.74. The Kier molecular flexibility index (Phi) is 5.32. The quantitative estimate of drug-likeness (QED) is 0.759. The van der Waals surface area contributed by atoms with Gasteiger partial charge in [-0.25, -0.2) is 0 Å². The molecule has 1 aliphatic rings. The molecule has 130 valence electrons. The number of alkyl halides is 3. The van der Waals surface area contributed by atoms with Gasteiger partial charge in [-0.2, -0.15) is 8.42 Å². The molecule has 0 N–H and O–H groups in total. The van der Waals surface area contributed by atoms with Gasteiger partial charge in [0.25, 0.3) is 10.1 Å². The van der Waals surface area contributed by atoms with Crippen LogP contribution in [0.5, 0.6) is 5.75 Å². The number of halogens is 4. The van der Waals surface area contributed by atoms with Gasteiger partial charge < -0.3 is 9.64 Å². The predicted octanol–water partition coefficient (Wildman–Crippen LogP) is 3.18. The molecule has 0 unspecified atom stereocenters. The minimum atomic E-state index is -4.78. The number of ether oxygens (including phenoxy) is 1. The summed E-state index contributed by atoms with van der Waals surface area (Å²) in [5.41, 5.74) is 0.409. The van der Waals surface area contributed by atoms with Crippen LogP contribution < -0.4 is 9.64 Å². The van der Waals surface area contributed by atoms with E-state index >= 15 is 0 Å². The first kappa shape index (κ1) is 18.2. The number of nitrogens with zero attached hydrogens (tertiary/aromatic N) is 1. The SMILES string of the molecule is CS(=O)(=O)OC1CCN(c2cc(OC(F)(F)F)ccc2Cl)CC1. The van der Waals surface area contributed by atoms with E-state index in [-0.39, 0.29) is 5.75 Å². The molecule has 0 atom stereocenters. The standard InChI is InChI=1S/C13H15ClF3NO4S/c1-23(19,20)22-9-4-6-18(7-5-9)12-8-10(2-3-11(12)14)21-13(15,16)17/h2-3,8-9H,4-7H2,1H3. The van der Waals surface area contributed by atoms with Crippen molar-refractivity contribution in [1.82, 2.24) is 0 Å². The van der Waals surface area contributed by atoms with E-state index < -0.39 is 22.6 Å². The predicted molar refractivity (Wildman–Crippen MR) is 79.3 cm³/mol. The minimum absolute atomic E-state index is 0.294. The van der Waals surface area contributed by atoms with Gasteiger partial charge in [0.1, 0.15) is 5.75 Å². The van der Waals surface area contributed by atoms with Crippen LogP contribution in [0.2, 0.25) is 5.02 Å². The molecule has 1 fully saturated rings. The lowest BCUT2D eigenvalue weighted by Gasteiger charge is -2.33. The maximum absolute atomic E-state index is 12.3. The topological polar surface area (TPSA) is 55.8 Å². The number of piperidine rings is 1. The molecule has 1 aromatic carbocycles. The first-order valence-electron chi connectivity index (χ1n) is 6.72. The molecule has 1 aliphatic heterocycles. The third kappa shape index (κ3) is 5.74. The van der Waals surface area contributed by atoms with Gasteiger partial charge in [0, 0.05) is 19.2 Å². The summed E-state index contributed by atoms with van der Waals surface area (Å²) >= 11 is 6.04. The summed E-state index contributed by atoms with van der Waals surface area (Å²) in [4.78, 5) is 1.77. The average molecular weight is 374 g/mol. The Morgan fingerprint density at radius 1 is 1.26 bits per heavy atom. The van der Waals surface area contributed by atoms with Crippen LogP contribution in [0.15, 0.2) is 18.2 Å². The Balaban J connectivity index is 2.07. The van der Waals surface area contributed by atoms with E-state index in [2.05, 4.69) is 4.74 Å². The summed E-state index contributed by atoms with van der Waals surface area (Å²) in [6, 6.07) is 3.68. The van der Waals surface area contributed by atoms with Crippen LogP contribution >= 0.6 is 11.6 Å². The number of anilines is 1. The summed E-state index contributed by atoms with van der Waals surface area (Å²) in [7, 11) is -3.53. The van der Waals surface area contributed by atoms with E-state index in [1.807, 2.05) is 0 Å². The number of hydrogen-bond acceptors (Lipinski definition) is 5. The summed E-state index contributed by atoms with van der Waals surface area (Å²) in [6.07, 6.45) is -3.38. The molecule has 2 rings (SSSR count). The zero-order valence-electron chi connectivity index (χ0n) is 12.1. The molecule has 0 aromatic heterocycles. The largest absolute Gasteiger partial charge is 0.573 e. The molecule has 23 heavy (non-hydrogen) atoms. The lowest BCUT2D eigenvalue weighted by atomic mass is 10.1. The molecule has 1 saturated heterocycles. The summed E-state index contributed by atoms with van der Waals surface area (Å²) in [6.45, 7) is 0.824. The smallest absolute Gasteiger partial charge is 0.406 e. The third-order valence-electron chi connectivity index (χ3n) is 3.24. The second-order valence-electron chi connectivity index (χ2n) is 5.15. The van der Waals surface area contributed by atoms with Crippen molar-refractivity contribution >= 4 is 27.4 Å². The molecule has 0 aliphatic carbocycles. The van der Waals surface area contributed by atoms with E-state index in [0.29, 0.717) is 36.6 Å². The van der Waals surface area contributed by atoms with Crippen LogP contribution in [0.4, 0.5) is 18.9 Å². The average Bonchev–Trinajstić information content (AvgIpc) is 2.39. The van der Waals surface area contributed by atoms with Gasteiger partial charge in [-0.1, -0.05) is 11.6 Å². The minimum Gasteiger partial charge on any atom is -0.406 e. The molecular formula is C13H15ClF3NO4S. The summed E-state index contributed by atoms with van der Waals surface area (Å²) in [5, 5.41) is 0.294. The molecular weight excluding hydrogens is 359 g/mol. The highest BCUT2D eigenvalue weighted by atomic mass is 35.5. The molecule has 0 spiro atoms. The van der Waals surface area contributed by atoms with E-state index in [1.165, 1.54) is 12.1 Å². The third-order valence-corrected chi connectivity index (χ3v) is 4.19. The normalized spacial score (nSPS) is 17.3. The van der Waals surface area contributed by atoms with Gasteiger partial charge in [0.15, 0.2) is 0 Å². The van der Waals surface area contributed by atoms with Gasteiger partial charge in [0.05, 0.1) is 23.1 Å². The molecule has 0 bridgehead atoms.